The van der Waals surface area contributed by atoms with E-state index in [1.807, 2.05) is 0 Å². The van der Waals surface area contributed by atoms with Gasteiger partial charge in [-0.2, -0.15) is 0 Å². The monoisotopic (exact) mass is 548 g/mol. The van der Waals surface area contributed by atoms with Crippen LogP contribution >= 0.6 is 21.6 Å². The second-order valence-electron chi connectivity index (χ2n) is 9.68. The molecule has 0 spiro atoms. The van der Waals surface area contributed by atoms with Gasteiger partial charge < -0.3 is 21.3 Å². The second kappa shape index (κ2) is 25.7. The molecule has 0 aliphatic heterocycles. The lowest BCUT2D eigenvalue weighted by atomic mass is 10.0. The Hall–Kier alpha value is -0.930. The molecule has 0 aliphatic carbocycles. The van der Waals surface area contributed by atoms with Crippen molar-refractivity contribution in [1.29, 1.82) is 0 Å². The van der Waals surface area contributed by atoms with Gasteiger partial charge in [-0.25, -0.2) is 4.79 Å². The number of amides is 1. The Kier molecular flexibility index (Phi) is 25.0. The Bertz CT molecular complexity index is 566. The maximum Gasteiger partial charge on any atom is 0.326 e. The lowest BCUT2D eigenvalue weighted by Crippen LogP contribution is -2.41. The number of carbonyl (C=O) groups excluding carboxylic acids is 1. The first-order chi connectivity index (χ1) is 17.4. The zero-order chi connectivity index (χ0) is 26.9. The summed E-state index contributed by atoms with van der Waals surface area (Å²) in [5.41, 5.74) is 5.44. The number of hydrogen-bond donors (Lipinski definition) is 4. The highest BCUT2D eigenvalue weighted by molar-refractivity contribution is 8.76. The van der Waals surface area contributed by atoms with Gasteiger partial charge in [-0.1, -0.05) is 125 Å². The van der Waals surface area contributed by atoms with E-state index in [-0.39, 0.29) is 5.91 Å². The van der Waals surface area contributed by atoms with Crippen LogP contribution in [0.15, 0.2) is 0 Å². The fraction of sp³-hybridized carbons (Fsp3) is 0.889. The standard InChI is InChI=1S/C27H52N2O5S2/c1-2-3-4-5-6-7-8-9-10-11-12-13-14-15-16-17-18-25(30)29-24(27(33)34)20-22-36-35-21-19-23(28)26(31)32/h23-24H,2-22,28H2,1H3,(H,29,30)(H,31,32)(H,33,34). The Morgan fingerprint density at radius 3 is 1.50 bits per heavy atom. The highest BCUT2D eigenvalue weighted by Crippen LogP contribution is 2.23. The van der Waals surface area contributed by atoms with E-state index in [0.29, 0.717) is 30.8 Å². The van der Waals surface area contributed by atoms with Crippen LogP contribution in [0, 0.1) is 0 Å². The van der Waals surface area contributed by atoms with E-state index in [4.69, 9.17) is 10.8 Å². The number of carboxylic acids is 2. The molecule has 0 aromatic carbocycles. The summed E-state index contributed by atoms with van der Waals surface area (Å²) in [6.45, 7) is 2.26. The summed E-state index contributed by atoms with van der Waals surface area (Å²) in [5.74, 6) is -1.09. The summed E-state index contributed by atoms with van der Waals surface area (Å²) in [5, 5.41) is 20.7. The maximum absolute atomic E-state index is 12.1. The van der Waals surface area contributed by atoms with Crippen LogP contribution < -0.4 is 11.1 Å². The fourth-order valence-electron chi connectivity index (χ4n) is 3.94. The smallest absolute Gasteiger partial charge is 0.326 e. The Balaban J connectivity index is 3.58. The highest BCUT2D eigenvalue weighted by Gasteiger charge is 2.19. The molecule has 0 fully saturated rings. The van der Waals surface area contributed by atoms with Crippen LogP contribution in [0.25, 0.3) is 0 Å². The number of rotatable bonds is 27. The molecule has 5 N–H and O–H groups in total. The predicted molar refractivity (Wildman–Crippen MR) is 153 cm³/mol. The van der Waals surface area contributed by atoms with Crippen molar-refractivity contribution in [1.82, 2.24) is 5.32 Å². The van der Waals surface area contributed by atoms with Crippen LogP contribution in [0.1, 0.15) is 129 Å². The van der Waals surface area contributed by atoms with Gasteiger partial charge in [-0.3, -0.25) is 9.59 Å². The molecule has 0 bridgehead atoms. The van der Waals surface area contributed by atoms with Crippen LogP contribution in [-0.4, -0.2) is 51.6 Å². The summed E-state index contributed by atoms with van der Waals surface area (Å²) in [6, 6.07) is -1.75. The summed E-state index contributed by atoms with van der Waals surface area (Å²) >= 11 is 0. The van der Waals surface area contributed by atoms with Gasteiger partial charge >= 0.3 is 11.9 Å². The van der Waals surface area contributed by atoms with Crippen LogP contribution in [0.2, 0.25) is 0 Å². The first kappa shape index (κ1) is 35.1. The number of carboxylic acid groups (broad SMARTS) is 2. The third-order valence-corrected chi connectivity index (χ3v) is 8.76. The Morgan fingerprint density at radius 1 is 0.667 bits per heavy atom. The Morgan fingerprint density at radius 2 is 1.08 bits per heavy atom. The van der Waals surface area contributed by atoms with Gasteiger partial charge in [0.25, 0.3) is 0 Å². The molecule has 0 aromatic rings. The molecule has 36 heavy (non-hydrogen) atoms. The average molecular weight is 549 g/mol. The van der Waals surface area contributed by atoms with Gasteiger partial charge in [-0.05, 0) is 19.3 Å². The molecule has 0 rings (SSSR count). The molecular formula is C27H52N2O5S2. The third kappa shape index (κ3) is 23.5. The fourth-order valence-corrected chi connectivity index (χ4v) is 6.14. The van der Waals surface area contributed by atoms with Crippen molar-refractivity contribution < 1.29 is 24.6 Å². The minimum Gasteiger partial charge on any atom is -0.480 e. The molecule has 0 saturated heterocycles. The molecule has 0 heterocycles. The van der Waals surface area contributed by atoms with E-state index in [0.717, 1.165) is 19.3 Å². The minimum atomic E-state index is -1.02. The number of aliphatic carboxylic acids is 2. The number of nitrogens with two attached hydrogens (primary N) is 1. The number of carbonyl (C=O) groups is 3. The van der Waals surface area contributed by atoms with Crippen molar-refractivity contribution in [3.63, 3.8) is 0 Å². The van der Waals surface area contributed by atoms with Gasteiger partial charge in [0.1, 0.15) is 12.1 Å². The van der Waals surface area contributed by atoms with Crippen LogP contribution in [0.4, 0.5) is 0 Å². The quantitative estimate of drug-likeness (QED) is 0.0653. The molecule has 7 nitrogen and oxygen atoms in total. The van der Waals surface area contributed by atoms with Gasteiger partial charge in [0.15, 0.2) is 0 Å². The topological polar surface area (TPSA) is 130 Å². The predicted octanol–water partition coefficient (Wildman–Crippen LogP) is 6.78. The van der Waals surface area contributed by atoms with Crippen LogP contribution in [-0.2, 0) is 14.4 Å². The van der Waals surface area contributed by atoms with Gasteiger partial charge in [0.05, 0.1) is 0 Å². The summed E-state index contributed by atoms with van der Waals surface area (Å²) in [4.78, 5) is 34.2. The molecule has 0 aliphatic rings. The second-order valence-corrected chi connectivity index (χ2v) is 12.4. The molecule has 0 aromatic heterocycles. The lowest BCUT2D eigenvalue weighted by Gasteiger charge is -2.14. The molecule has 212 valence electrons. The summed E-state index contributed by atoms with van der Waals surface area (Å²) < 4.78 is 0. The molecule has 2 unspecified atom stereocenters. The van der Waals surface area contributed by atoms with E-state index in [2.05, 4.69) is 12.2 Å². The van der Waals surface area contributed by atoms with Crippen LogP contribution in [0.3, 0.4) is 0 Å². The molecule has 2 atom stereocenters. The zero-order valence-corrected chi connectivity index (χ0v) is 24.1. The molecular weight excluding hydrogens is 496 g/mol. The van der Waals surface area contributed by atoms with E-state index >= 15 is 0 Å². The van der Waals surface area contributed by atoms with E-state index < -0.39 is 24.0 Å². The molecule has 9 heteroatoms. The van der Waals surface area contributed by atoms with Crippen molar-refractivity contribution in [2.75, 3.05) is 11.5 Å². The van der Waals surface area contributed by atoms with E-state index in [1.54, 1.807) is 0 Å². The molecule has 1 amide bonds. The number of nitrogens with one attached hydrogen (secondary N) is 1. The molecule has 0 saturated carbocycles. The van der Waals surface area contributed by atoms with Crippen molar-refractivity contribution in [2.24, 2.45) is 5.73 Å². The summed E-state index contributed by atoms with van der Waals surface area (Å²) in [7, 11) is 2.95. The SMILES string of the molecule is CCCCCCCCCCCCCCCCCCC(=O)NC(CCSSCCC(N)C(=O)O)C(=O)O. The van der Waals surface area contributed by atoms with Crippen molar-refractivity contribution >= 4 is 39.4 Å². The van der Waals surface area contributed by atoms with E-state index in [9.17, 15) is 19.5 Å². The van der Waals surface area contributed by atoms with Crippen molar-refractivity contribution in [3.8, 4) is 0 Å². The van der Waals surface area contributed by atoms with Crippen LogP contribution in [0.5, 0.6) is 0 Å². The van der Waals surface area contributed by atoms with Gasteiger partial charge in [-0.15, -0.1) is 0 Å². The minimum absolute atomic E-state index is 0.196. The molecule has 0 radical (unpaired) electrons. The largest absolute Gasteiger partial charge is 0.480 e. The van der Waals surface area contributed by atoms with E-state index in [1.165, 1.54) is 105 Å². The maximum atomic E-state index is 12.1. The number of hydrogen-bond acceptors (Lipinski definition) is 6. The first-order valence-corrected chi connectivity index (χ1v) is 16.6. The summed E-state index contributed by atoms with van der Waals surface area (Å²) in [6.07, 6.45) is 21.6. The van der Waals surface area contributed by atoms with Gasteiger partial charge in [0, 0.05) is 17.9 Å². The van der Waals surface area contributed by atoms with Gasteiger partial charge in [0.2, 0.25) is 5.91 Å². The zero-order valence-electron chi connectivity index (χ0n) is 22.5. The third-order valence-electron chi connectivity index (χ3n) is 6.29. The lowest BCUT2D eigenvalue weighted by molar-refractivity contribution is -0.142. The average Bonchev–Trinajstić information content (AvgIpc) is 2.84. The normalized spacial score (nSPS) is 12.8. The highest BCUT2D eigenvalue weighted by atomic mass is 33.1. The Labute approximate surface area is 227 Å². The first-order valence-electron chi connectivity index (χ1n) is 14.1. The van der Waals surface area contributed by atoms with Crippen molar-refractivity contribution in [3.05, 3.63) is 0 Å². The van der Waals surface area contributed by atoms with Crippen molar-refractivity contribution in [2.45, 2.75) is 141 Å². The number of unbranched alkanes of at least 4 members (excludes halogenated alkanes) is 15.